The Bertz CT molecular complexity index is 1270. The second-order valence-corrected chi connectivity index (χ2v) is 8.43. The summed E-state index contributed by atoms with van der Waals surface area (Å²) in [6, 6.07) is 19.9. The number of hydroxylamine groups is 1. The first-order valence-electron chi connectivity index (χ1n) is 9.78. The second kappa shape index (κ2) is 7.65. The zero-order chi connectivity index (χ0) is 21.5. The first-order valence-corrected chi connectivity index (χ1v) is 10.7. The van der Waals surface area contributed by atoms with Gasteiger partial charge < -0.3 is 5.11 Å². The molecule has 2 N–H and O–H groups in total. The number of anilines is 1. The van der Waals surface area contributed by atoms with Crippen molar-refractivity contribution in [3.8, 4) is 28.0 Å². The van der Waals surface area contributed by atoms with Gasteiger partial charge in [-0.2, -0.15) is 0 Å². The van der Waals surface area contributed by atoms with E-state index < -0.39 is 11.9 Å². The molecule has 0 spiro atoms. The van der Waals surface area contributed by atoms with Gasteiger partial charge in [-0.15, -0.1) is 11.3 Å². The van der Waals surface area contributed by atoms with Crippen LogP contribution in [0, 0.1) is 5.82 Å². The number of hydrogen-bond acceptors (Lipinski definition) is 5. The molecule has 5 rings (SSSR count). The Labute approximate surface area is 182 Å². The number of carbonyl (C=O) groups is 1. The van der Waals surface area contributed by atoms with E-state index in [1.807, 2.05) is 60.0 Å². The zero-order valence-electron chi connectivity index (χ0n) is 16.3. The molecule has 0 bridgehead atoms. The number of phenolic OH excluding ortho intramolecular Hbond substituents is 1. The van der Waals surface area contributed by atoms with Gasteiger partial charge in [-0.25, -0.2) is 9.45 Å². The van der Waals surface area contributed by atoms with Gasteiger partial charge in [0.15, 0.2) is 5.78 Å². The minimum Gasteiger partial charge on any atom is -0.507 e. The van der Waals surface area contributed by atoms with Crippen LogP contribution in [-0.4, -0.2) is 16.1 Å². The van der Waals surface area contributed by atoms with Gasteiger partial charge in [0.05, 0.1) is 5.69 Å². The van der Waals surface area contributed by atoms with Crippen LogP contribution in [0.3, 0.4) is 0 Å². The van der Waals surface area contributed by atoms with E-state index in [4.69, 9.17) is 0 Å². The Kier molecular flexibility index (Phi) is 4.81. The molecule has 31 heavy (non-hydrogen) atoms. The van der Waals surface area contributed by atoms with Gasteiger partial charge in [-0.3, -0.25) is 10.0 Å². The maximum Gasteiger partial charge on any atom is 0.167 e. The quantitative estimate of drug-likeness (QED) is 0.418. The number of benzene rings is 3. The molecule has 154 valence electrons. The van der Waals surface area contributed by atoms with E-state index in [9.17, 15) is 19.5 Å². The number of ketones is 1. The molecule has 0 radical (unpaired) electrons. The first kappa shape index (κ1) is 19.5. The lowest BCUT2D eigenvalue weighted by molar-refractivity contribution is -0.121. The summed E-state index contributed by atoms with van der Waals surface area (Å²) < 4.78 is 13.3. The highest BCUT2D eigenvalue weighted by molar-refractivity contribution is 7.11. The fourth-order valence-electron chi connectivity index (χ4n) is 4.03. The van der Waals surface area contributed by atoms with Crippen LogP contribution in [0.25, 0.3) is 22.3 Å². The number of hydrogen-bond donors (Lipinski definition) is 2. The standard InChI is InChI=1S/C25H18FNO3S/c26-18-10-11-19(21(28)12-18)15-6-8-16(9-7-15)20-14-31-23-13-22(29)24(27(30)25(20)23)17-4-2-1-3-5-17/h1-12,14,24,28,30H,13H2. The Hall–Kier alpha value is -3.48. The van der Waals surface area contributed by atoms with E-state index in [0.717, 1.165) is 38.3 Å². The van der Waals surface area contributed by atoms with Gasteiger partial charge in [0, 0.05) is 33.9 Å². The molecule has 1 aromatic heterocycles. The number of carbonyl (C=O) groups excluding carboxylic acids is 1. The predicted octanol–water partition coefficient (Wildman–Crippen LogP) is 5.99. The summed E-state index contributed by atoms with van der Waals surface area (Å²) in [5.41, 5.74) is 4.41. The Morgan fingerprint density at radius 3 is 2.29 bits per heavy atom. The van der Waals surface area contributed by atoms with Crippen molar-refractivity contribution < 1.29 is 19.5 Å². The summed E-state index contributed by atoms with van der Waals surface area (Å²) in [6.45, 7) is 0. The monoisotopic (exact) mass is 431 g/mol. The number of halogens is 1. The third-order valence-corrected chi connectivity index (χ3v) is 6.51. The molecular weight excluding hydrogens is 413 g/mol. The van der Waals surface area contributed by atoms with Crippen LogP contribution in [0.15, 0.2) is 78.2 Å². The fourth-order valence-corrected chi connectivity index (χ4v) is 5.08. The summed E-state index contributed by atoms with van der Waals surface area (Å²) in [6.07, 6.45) is 0.276. The second-order valence-electron chi connectivity index (χ2n) is 7.46. The molecule has 1 aliphatic rings. The maximum atomic E-state index is 13.3. The average Bonchev–Trinajstić information content (AvgIpc) is 3.19. The third kappa shape index (κ3) is 3.40. The zero-order valence-corrected chi connectivity index (χ0v) is 17.1. The molecule has 0 amide bonds. The molecule has 2 heterocycles. The van der Waals surface area contributed by atoms with Crippen molar-refractivity contribution in [3.05, 3.63) is 94.4 Å². The van der Waals surface area contributed by atoms with Crippen molar-refractivity contribution in [2.24, 2.45) is 0 Å². The molecule has 1 aliphatic heterocycles. The van der Waals surface area contributed by atoms with Gasteiger partial charge >= 0.3 is 0 Å². The molecule has 0 fully saturated rings. The molecule has 0 saturated heterocycles. The van der Waals surface area contributed by atoms with E-state index >= 15 is 0 Å². The Morgan fingerprint density at radius 1 is 0.935 bits per heavy atom. The van der Waals surface area contributed by atoms with Crippen molar-refractivity contribution >= 4 is 22.8 Å². The van der Waals surface area contributed by atoms with Crippen LogP contribution >= 0.6 is 11.3 Å². The minimum atomic E-state index is -0.738. The molecule has 1 atom stereocenters. The highest BCUT2D eigenvalue weighted by atomic mass is 32.1. The Balaban J connectivity index is 1.52. The number of phenols is 1. The molecule has 6 heteroatoms. The van der Waals surface area contributed by atoms with Crippen LogP contribution in [-0.2, 0) is 11.2 Å². The molecular formula is C25H18FNO3S. The van der Waals surface area contributed by atoms with Crippen LogP contribution in [0.1, 0.15) is 16.5 Å². The van der Waals surface area contributed by atoms with Crippen molar-refractivity contribution in [1.82, 2.24) is 0 Å². The average molecular weight is 431 g/mol. The van der Waals surface area contributed by atoms with Gasteiger partial charge in [-0.1, -0.05) is 54.6 Å². The smallest absolute Gasteiger partial charge is 0.167 e. The predicted molar refractivity (Wildman–Crippen MR) is 119 cm³/mol. The van der Waals surface area contributed by atoms with Gasteiger partial charge in [-0.05, 0) is 28.8 Å². The van der Waals surface area contributed by atoms with Crippen LogP contribution in [0.5, 0.6) is 5.75 Å². The summed E-state index contributed by atoms with van der Waals surface area (Å²) >= 11 is 1.45. The van der Waals surface area contributed by atoms with E-state index in [-0.39, 0.29) is 18.0 Å². The lowest BCUT2D eigenvalue weighted by Gasteiger charge is -2.32. The van der Waals surface area contributed by atoms with Crippen molar-refractivity contribution in [2.75, 3.05) is 5.06 Å². The highest BCUT2D eigenvalue weighted by Gasteiger charge is 2.36. The van der Waals surface area contributed by atoms with Crippen LogP contribution < -0.4 is 5.06 Å². The first-order chi connectivity index (χ1) is 15.0. The molecule has 4 nitrogen and oxygen atoms in total. The topological polar surface area (TPSA) is 60.8 Å². The van der Waals surface area contributed by atoms with Gasteiger partial charge in [0.1, 0.15) is 17.6 Å². The number of thiophene rings is 1. The number of nitrogens with zero attached hydrogens (tertiary/aromatic N) is 1. The van der Waals surface area contributed by atoms with Crippen molar-refractivity contribution in [3.63, 3.8) is 0 Å². The number of aromatic hydroxyl groups is 1. The Morgan fingerprint density at radius 2 is 1.61 bits per heavy atom. The molecule has 3 aromatic carbocycles. The van der Waals surface area contributed by atoms with Gasteiger partial charge in [0.25, 0.3) is 0 Å². The SMILES string of the molecule is O=C1Cc2scc(-c3ccc(-c4ccc(F)cc4O)cc3)c2N(O)C1c1ccccc1. The number of Topliss-reactive ketones (excluding diaryl/α,β-unsaturated/α-hetero) is 1. The van der Waals surface area contributed by atoms with E-state index in [2.05, 4.69) is 0 Å². The number of rotatable bonds is 3. The summed E-state index contributed by atoms with van der Waals surface area (Å²) in [5.74, 6) is -0.656. The van der Waals surface area contributed by atoms with E-state index in [1.54, 1.807) is 0 Å². The molecule has 0 aliphatic carbocycles. The van der Waals surface area contributed by atoms with Gasteiger partial charge in [0.2, 0.25) is 0 Å². The third-order valence-electron chi connectivity index (χ3n) is 5.53. The number of fused-ring (bicyclic) bond motifs is 1. The lowest BCUT2D eigenvalue weighted by Crippen LogP contribution is -2.36. The van der Waals surface area contributed by atoms with Crippen molar-refractivity contribution in [1.29, 1.82) is 0 Å². The van der Waals surface area contributed by atoms with Crippen molar-refractivity contribution in [2.45, 2.75) is 12.5 Å². The largest absolute Gasteiger partial charge is 0.507 e. The highest BCUT2D eigenvalue weighted by Crippen LogP contribution is 2.45. The fraction of sp³-hybridized carbons (Fsp3) is 0.0800. The minimum absolute atomic E-state index is 0.0447. The summed E-state index contributed by atoms with van der Waals surface area (Å²) in [7, 11) is 0. The lowest BCUT2D eigenvalue weighted by atomic mass is 9.93. The van der Waals surface area contributed by atoms with E-state index in [0.29, 0.717) is 11.3 Å². The molecule has 1 unspecified atom stereocenters. The molecule has 0 saturated carbocycles. The van der Waals surface area contributed by atoms with Crippen LogP contribution in [0.4, 0.5) is 10.1 Å². The summed E-state index contributed by atoms with van der Waals surface area (Å²) in [5, 5.41) is 24.1. The molecule has 4 aromatic rings. The normalized spacial score (nSPS) is 15.7. The van der Waals surface area contributed by atoms with E-state index in [1.165, 1.54) is 23.5 Å². The van der Waals surface area contributed by atoms with Crippen LogP contribution in [0.2, 0.25) is 0 Å². The summed E-state index contributed by atoms with van der Waals surface area (Å²) in [4.78, 5) is 13.6. The maximum absolute atomic E-state index is 13.3.